The monoisotopic (exact) mass is 355 g/mol. The lowest BCUT2D eigenvalue weighted by Crippen LogP contribution is -2.43. The largest absolute Gasteiger partial charge is 0.347 e. The van der Waals surface area contributed by atoms with Gasteiger partial charge in [0.2, 0.25) is 17.7 Å². The van der Waals surface area contributed by atoms with Crippen LogP contribution in [0.1, 0.15) is 47.0 Å². The van der Waals surface area contributed by atoms with Crippen molar-refractivity contribution in [2.45, 2.75) is 47.0 Å². The smallest absolute Gasteiger partial charge is 0.239 e. The average Bonchev–Trinajstić information content (AvgIpc) is 2.55. The van der Waals surface area contributed by atoms with Crippen molar-refractivity contribution in [2.75, 3.05) is 19.6 Å². The van der Waals surface area contributed by atoms with Gasteiger partial charge in [-0.2, -0.15) is 0 Å². The van der Waals surface area contributed by atoms with Gasteiger partial charge in [0.05, 0.1) is 19.6 Å². The predicted octanol–water partition coefficient (Wildman–Crippen LogP) is -0.0445. The number of hydrogen-bond acceptors (Lipinski definition) is 5. The Labute approximate surface area is 148 Å². The van der Waals surface area contributed by atoms with Crippen LogP contribution >= 0.6 is 0 Å². The number of carbonyl (C=O) groups is 5. The molecule has 0 spiro atoms. The van der Waals surface area contributed by atoms with E-state index < -0.39 is 11.8 Å². The molecule has 0 rings (SSSR count). The second kappa shape index (κ2) is 12.2. The first kappa shape index (κ1) is 22.8. The summed E-state index contributed by atoms with van der Waals surface area (Å²) in [7, 11) is 0. The molecule has 0 aliphatic heterocycles. The molecule has 0 aromatic heterocycles. The lowest BCUT2D eigenvalue weighted by molar-refractivity contribution is -0.128. The van der Waals surface area contributed by atoms with Crippen molar-refractivity contribution in [2.24, 2.45) is 11.8 Å². The molecule has 8 nitrogen and oxygen atoms in total. The molecule has 0 atom stereocenters. The molecule has 0 unspecified atom stereocenters. The first-order valence-corrected chi connectivity index (χ1v) is 8.49. The zero-order valence-corrected chi connectivity index (χ0v) is 15.4. The molecule has 0 aliphatic carbocycles. The molecule has 0 aromatic rings. The normalized spacial score (nSPS) is 10.5. The van der Waals surface area contributed by atoms with Gasteiger partial charge in [0.25, 0.3) is 0 Å². The summed E-state index contributed by atoms with van der Waals surface area (Å²) < 4.78 is 0. The van der Waals surface area contributed by atoms with Crippen LogP contribution < -0.4 is 16.0 Å². The van der Waals surface area contributed by atoms with Crippen LogP contribution in [0.2, 0.25) is 0 Å². The minimum absolute atomic E-state index is 0.0455. The number of nitrogens with one attached hydrogen (secondary N) is 3. The van der Waals surface area contributed by atoms with E-state index in [4.69, 9.17) is 0 Å². The molecule has 8 heteroatoms. The first-order chi connectivity index (χ1) is 11.6. The number of amides is 3. The van der Waals surface area contributed by atoms with Gasteiger partial charge in [0.15, 0.2) is 5.78 Å². The van der Waals surface area contributed by atoms with E-state index in [0.717, 1.165) is 0 Å². The van der Waals surface area contributed by atoms with E-state index in [0.29, 0.717) is 12.8 Å². The van der Waals surface area contributed by atoms with Gasteiger partial charge < -0.3 is 16.0 Å². The third-order valence-electron chi connectivity index (χ3n) is 3.47. The van der Waals surface area contributed by atoms with Crippen LogP contribution in [-0.4, -0.2) is 48.9 Å². The van der Waals surface area contributed by atoms with Crippen molar-refractivity contribution in [1.29, 1.82) is 0 Å². The predicted molar refractivity (Wildman–Crippen MR) is 92.6 cm³/mol. The highest BCUT2D eigenvalue weighted by molar-refractivity contribution is 5.90. The molecule has 142 valence electrons. The van der Waals surface area contributed by atoms with Crippen LogP contribution in [0.15, 0.2) is 0 Å². The first-order valence-electron chi connectivity index (χ1n) is 8.49. The number of ketones is 2. The van der Waals surface area contributed by atoms with E-state index in [-0.39, 0.29) is 55.4 Å². The molecule has 0 fully saturated rings. The Hall–Kier alpha value is -2.25. The van der Waals surface area contributed by atoms with Crippen molar-refractivity contribution in [3.8, 4) is 0 Å². The molecule has 0 saturated carbocycles. The van der Waals surface area contributed by atoms with Crippen LogP contribution in [0.4, 0.5) is 0 Å². The standard InChI is InChI=1S/C17H29N3O5/c1-11(2)13(21)6-5-7-15(23)19-9-17(25)20-10-16(24)18-8-14(22)12(3)4/h11-12H,5-10H2,1-4H3,(H,18,24)(H,19,23)(H,20,25). The van der Waals surface area contributed by atoms with Crippen molar-refractivity contribution >= 4 is 29.3 Å². The lowest BCUT2D eigenvalue weighted by Gasteiger charge is -2.09. The summed E-state index contributed by atoms with van der Waals surface area (Å²) in [6, 6.07) is 0. The molecule has 0 bridgehead atoms. The Morgan fingerprint density at radius 3 is 1.52 bits per heavy atom. The van der Waals surface area contributed by atoms with Gasteiger partial charge in [-0.1, -0.05) is 27.7 Å². The second-order valence-corrected chi connectivity index (χ2v) is 6.43. The van der Waals surface area contributed by atoms with E-state index in [9.17, 15) is 24.0 Å². The summed E-state index contributed by atoms with van der Waals surface area (Å²) in [4.78, 5) is 57.4. The number of hydrogen-bond donors (Lipinski definition) is 3. The van der Waals surface area contributed by atoms with Crippen LogP contribution in [0.5, 0.6) is 0 Å². The average molecular weight is 355 g/mol. The van der Waals surface area contributed by atoms with Crippen molar-refractivity contribution in [3.63, 3.8) is 0 Å². The van der Waals surface area contributed by atoms with Gasteiger partial charge in [-0.3, -0.25) is 24.0 Å². The highest BCUT2D eigenvalue weighted by Crippen LogP contribution is 2.03. The van der Waals surface area contributed by atoms with Gasteiger partial charge in [0.1, 0.15) is 5.78 Å². The van der Waals surface area contributed by atoms with Crippen molar-refractivity contribution < 1.29 is 24.0 Å². The van der Waals surface area contributed by atoms with E-state index in [2.05, 4.69) is 16.0 Å². The third-order valence-corrected chi connectivity index (χ3v) is 3.47. The highest BCUT2D eigenvalue weighted by Gasteiger charge is 2.12. The molecule has 0 aromatic carbocycles. The zero-order valence-electron chi connectivity index (χ0n) is 15.4. The van der Waals surface area contributed by atoms with Gasteiger partial charge >= 0.3 is 0 Å². The van der Waals surface area contributed by atoms with Crippen LogP contribution in [0.3, 0.4) is 0 Å². The van der Waals surface area contributed by atoms with Gasteiger partial charge in [-0.05, 0) is 6.42 Å². The summed E-state index contributed by atoms with van der Waals surface area (Å²) >= 11 is 0. The summed E-state index contributed by atoms with van der Waals surface area (Å²) in [6.07, 6.45) is 0.951. The topological polar surface area (TPSA) is 121 Å². The molecule has 0 radical (unpaired) electrons. The molecule has 0 saturated heterocycles. The summed E-state index contributed by atoms with van der Waals surface area (Å²) in [6.45, 7) is 6.51. The van der Waals surface area contributed by atoms with E-state index in [1.54, 1.807) is 13.8 Å². The summed E-state index contributed by atoms with van der Waals surface area (Å²) in [5.41, 5.74) is 0. The fourth-order valence-electron chi connectivity index (χ4n) is 1.67. The lowest BCUT2D eigenvalue weighted by atomic mass is 10.0. The van der Waals surface area contributed by atoms with Crippen molar-refractivity contribution in [1.82, 2.24) is 16.0 Å². The Morgan fingerprint density at radius 1 is 0.600 bits per heavy atom. The Balaban J connectivity index is 3.82. The van der Waals surface area contributed by atoms with Crippen LogP contribution in [0.25, 0.3) is 0 Å². The molecule has 0 heterocycles. The van der Waals surface area contributed by atoms with Crippen molar-refractivity contribution in [3.05, 3.63) is 0 Å². The molecule has 25 heavy (non-hydrogen) atoms. The van der Waals surface area contributed by atoms with E-state index >= 15 is 0 Å². The maximum Gasteiger partial charge on any atom is 0.239 e. The fourth-order valence-corrected chi connectivity index (χ4v) is 1.67. The van der Waals surface area contributed by atoms with Crippen LogP contribution in [-0.2, 0) is 24.0 Å². The highest BCUT2D eigenvalue weighted by atomic mass is 16.2. The van der Waals surface area contributed by atoms with Gasteiger partial charge in [0, 0.05) is 24.7 Å². The number of carbonyl (C=O) groups excluding carboxylic acids is 5. The SMILES string of the molecule is CC(C)C(=O)CCCC(=O)NCC(=O)NCC(=O)NCC(=O)C(C)C. The molecule has 0 aliphatic rings. The van der Waals surface area contributed by atoms with Gasteiger partial charge in [-0.15, -0.1) is 0 Å². The molecule has 3 amide bonds. The quantitative estimate of drug-likeness (QED) is 0.453. The third kappa shape index (κ3) is 11.9. The maximum atomic E-state index is 11.6. The minimum Gasteiger partial charge on any atom is -0.347 e. The molecular weight excluding hydrogens is 326 g/mol. The molecular formula is C17H29N3O5. The zero-order chi connectivity index (χ0) is 19.4. The Bertz CT molecular complexity index is 501. The van der Waals surface area contributed by atoms with E-state index in [1.807, 2.05) is 13.8 Å². The van der Waals surface area contributed by atoms with E-state index in [1.165, 1.54) is 0 Å². The summed E-state index contributed by atoms with van der Waals surface area (Å²) in [5, 5.41) is 7.18. The van der Waals surface area contributed by atoms with Gasteiger partial charge in [-0.25, -0.2) is 0 Å². The fraction of sp³-hybridized carbons (Fsp3) is 0.706. The Morgan fingerprint density at radius 2 is 1.04 bits per heavy atom. The maximum absolute atomic E-state index is 11.6. The number of rotatable bonds is 12. The van der Waals surface area contributed by atoms with Crippen LogP contribution in [0, 0.1) is 11.8 Å². The number of Topliss-reactive ketones (excluding diaryl/α,β-unsaturated/α-hetero) is 2. The molecule has 3 N–H and O–H groups in total. The Kier molecular flexibility index (Phi) is 11.1. The minimum atomic E-state index is -0.503. The second-order valence-electron chi connectivity index (χ2n) is 6.43. The summed E-state index contributed by atoms with van der Waals surface area (Å²) in [5.74, 6) is -1.50.